The summed E-state index contributed by atoms with van der Waals surface area (Å²) in [4.78, 5) is 25.0. The van der Waals surface area contributed by atoms with E-state index in [1.165, 1.54) is 0 Å². The van der Waals surface area contributed by atoms with Crippen molar-refractivity contribution in [1.82, 2.24) is 4.73 Å². The Hall–Kier alpha value is -2.94. The molecule has 0 aliphatic carbocycles. The number of aromatic nitrogens is 2. The average Bonchev–Trinajstić information content (AvgIpc) is 2.56. The predicted molar refractivity (Wildman–Crippen MR) is 83.9 cm³/mol. The zero-order valence-electron chi connectivity index (χ0n) is 12.6. The van der Waals surface area contributed by atoms with Gasteiger partial charge in [-0.3, -0.25) is 4.79 Å². The monoisotopic (exact) mass is 386 g/mol. The molecule has 0 radical (unpaired) electrons. The first-order chi connectivity index (χ1) is 12.1. The maximum Gasteiger partial charge on any atom is 0.438 e. The van der Waals surface area contributed by atoms with Crippen LogP contribution in [0.1, 0.15) is 21.7 Å². The Morgan fingerprint density at radius 1 is 1.12 bits per heavy atom. The number of halogens is 5. The Kier molecular flexibility index (Phi) is 4.19. The van der Waals surface area contributed by atoms with Crippen LogP contribution >= 0.6 is 11.6 Å². The fourth-order valence-corrected chi connectivity index (χ4v) is 2.62. The van der Waals surface area contributed by atoms with Gasteiger partial charge in [-0.2, -0.15) is 13.2 Å². The summed E-state index contributed by atoms with van der Waals surface area (Å²) < 4.78 is 52.4. The van der Waals surface area contributed by atoms with Crippen LogP contribution in [-0.2, 0) is 6.18 Å². The van der Waals surface area contributed by atoms with Crippen LogP contribution in [0.2, 0.25) is 5.02 Å². The molecule has 3 aromatic rings. The van der Waals surface area contributed by atoms with Crippen molar-refractivity contribution in [3.8, 4) is 0 Å². The van der Waals surface area contributed by atoms with E-state index in [9.17, 15) is 32.5 Å². The topological polar surface area (TPSA) is 68.0 Å². The number of hydrogen-bond acceptors (Lipinski definition) is 3. The Morgan fingerprint density at radius 3 is 2.31 bits per heavy atom. The van der Waals surface area contributed by atoms with Crippen LogP contribution in [0.15, 0.2) is 42.5 Å². The van der Waals surface area contributed by atoms with Crippen molar-refractivity contribution in [2.45, 2.75) is 6.18 Å². The molecular formula is C16H7ClF4N2O3. The Morgan fingerprint density at radius 2 is 1.73 bits per heavy atom. The lowest BCUT2D eigenvalue weighted by Crippen LogP contribution is -2.35. The van der Waals surface area contributed by atoms with Crippen molar-refractivity contribution in [3.63, 3.8) is 0 Å². The van der Waals surface area contributed by atoms with Gasteiger partial charge in [0.15, 0.2) is 0 Å². The molecule has 2 aromatic carbocycles. The summed E-state index contributed by atoms with van der Waals surface area (Å²) in [5.41, 5.74) is -4.88. The van der Waals surface area contributed by atoms with Gasteiger partial charge in [0, 0.05) is 21.6 Å². The third-order valence-electron chi connectivity index (χ3n) is 3.60. The summed E-state index contributed by atoms with van der Waals surface area (Å²) in [5.74, 6) is -2.10. The minimum absolute atomic E-state index is 0.0120. The van der Waals surface area contributed by atoms with Crippen LogP contribution in [0.25, 0.3) is 11.0 Å². The molecule has 0 aliphatic rings. The van der Waals surface area contributed by atoms with E-state index in [0.29, 0.717) is 0 Å². The molecule has 10 heteroatoms. The molecular weight excluding hydrogens is 380 g/mol. The number of hydrogen-bond donors (Lipinski definition) is 0. The van der Waals surface area contributed by atoms with Gasteiger partial charge in [0.25, 0.3) is 11.3 Å². The molecule has 0 spiro atoms. The standard InChI is InChI=1S/C16H7ClF4N2O3/c17-9-3-6-11-12(7-9)22(25)13(15(23(11)26)16(19,20)21)14(24)8-1-4-10(18)5-2-8/h1-7H. The molecule has 26 heavy (non-hydrogen) atoms. The first-order valence-corrected chi connectivity index (χ1v) is 7.35. The third kappa shape index (κ3) is 2.90. The number of carbonyl (C=O) groups is 1. The normalized spacial score (nSPS) is 11.7. The first kappa shape index (κ1) is 17.9. The molecule has 0 N–H and O–H groups in total. The fraction of sp³-hybridized carbons (Fsp3) is 0.0625. The Bertz CT molecular complexity index is 1090. The Labute approximate surface area is 147 Å². The molecule has 1 heterocycles. The molecule has 0 atom stereocenters. The molecule has 1 aromatic heterocycles. The summed E-state index contributed by atoms with van der Waals surface area (Å²) in [7, 11) is 0. The second-order valence-electron chi connectivity index (χ2n) is 5.25. The van der Waals surface area contributed by atoms with E-state index < -0.39 is 44.9 Å². The third-order valence-corrected chi connectivity index (χ3v) is 3.83. The van der Waals surface area contributed by atoms with Gasteiger partial charge in [0.2, 0.25) is 5.69 Å². The minimum atomic E-state index is -5.28. The minimum Gasteiger partial charge on any atom is -0.805 e. The van der Waals surface area contributed by atoms with Crippen molar-refractivity contribution in [3.05, 3.63) is 80.4 Å². The molecule has 0 aliphatic heterocycles. The number of ketones is 1. The molecule has 0 saturated heterocycles. The zero-order valence-corrected chi connectivity index (χ0v) is 13.3. The lowest BCUT2D eigenvalue weighted by Gasteiger charge is -2.20. The van der Waals surface area contributed by atoms with Crippen LogP contribution in [0, 0.1) is 15.9 Å². The quantitative estimate of drug-likeness (QED) is 0.380. The summed E-state index contributed by atoms with van der Waals surface area (Å²) in [6.07, 6.45) is -5.28. The van der Waals surface area contributed by atoms with Gasteiger partial charge in [0.1, 0.15) is 11.3 Å². The molecule has 0 unspecified atom stereocenters. The van der Waals surface area contributed by atoms with E-state index in [1.54, 1.807) is 0 Å². The number of carbonyl (C=O) groups excluding carboxylic acids is 1. The number of rotatable bonds is 2. The highest BCUT2D eigenvalue weighted by atomic mass is 35.5. The van der Waals surface area contributed by atoms with Crippen LogP contribution < -0.4 is 4.43 Å². The molecule has 0 bridgehead atoms. The van der Waals surface area contributed by atoms with Gasteiger partial charge in [-0.1, -0.05) is 11.6 Å². The summed E-state index contributed by atoms with van der Waals surface area (Å²) in [6, 6.07) is 6.57. The molecule has 5 nitrogen and oxygen atoms in total. The molecule has 0 amide bonds. The van der Waals surface area contributed by atoms with Gasteiger partial charge in [-0.05, 0) is 36.4 Å². The van der Waals surface area contributed by atoms with E-state index in [-0.39, 0.29) is 15.0 Å². The first-order valence-electron chi connectivity index (χ1n) is 6.97. The predicted octanol–water partition coefficient (Wildman–Crippen LogP) is 3.94. The van der Waals surface area contributed by atoms with Crippen molar-refractivity contribution in [2.75, 3.05) is 0 Å². The fourth-order valence-electron chi connectivity index (χ4n) is 2.45. The van der Waals surface area contributed by atoms with E-state index in [1.807, 2.05) is 0 Å². The highest BCUT2D eigenvalue weighted by molar-refractivity contribution is 6.31. The van der Waals surface area contributed by atoms with Crippen molar-refractivity contribution in [1.29, 1.82) is 0 Å². The van der Waals surface area contributed by atoms with E-state index in [2.05, 4.69) is 0 Å². The van der Waals surface area contributed by atoms with Crippen molar-refractivity contribution >= 4 is 28.4 Å². The van der Waals surface area contributed by atoms with Gasteiger partial charge < -0.3 is 9.94 Å². The van der Waals surface area contributed by atoms with E-state index in [4.69, 9.17) is 11.6 Å². The number of alkyl halides is 3. The summed E-state index contributed by atoms with van der Waals surface area (Å²) in [6.45, 7) is 0. The molecule has 3 rings (SSSR count). The highest BCUT2D eigenvalue weighted by Crippen LogP contribution is 2.33. The maximum absolute atomic E-state index is 13.4. The second-order valence-corrected chi connectivity index (χ2v) is 5.69. The molecule has 134 valence electrons. The Balaban J connectivity index is 2.42. The molecule has 0 fully saturated rings. The van der Waals surface area contributed by atoms with Crippen LogP contribution in [0.5, 0.6) is 0 Å². The van der Waals surface area contributed by atoms with Gasteiger partial charge >= 0.3 is 11.9 Å². The smallest absolute Gasteiger partial charge is 0.438 e. The maximum atomic E-state index is 13.4. The number of fused-ring (bicyclic) bond motifs is 1. The number of nitrogens with zero attached hydrogens (tertiary/aromatic N) is 2. The van der Waals surface area contributed by atoms with Crippen molar-refractivity contribution < 1.29 is 26.8 Å². The lowest BCUT2D eigenvalue weighted by atomic mass is 10.1. The van der Waals surface area contributed by atoms with E-state index in [0.717, 1.165) is 42.5 Å². The highest BCUT2D eigenvalue weighted by Gasteiger charge is 2.45. The van der Waals surface area contributed by atoms with Gasteiger partial charge in [-0.25, -0.2) is 4.39 Å². The van der Waals surface area contributed by atoms with Gasteiger partial charge in [0.05, 0.1) is 4.43 Å². The summed E-state index contributed by atoms with van der Waals surface area (Å²) in [5, 5.41) is 12.2. The SMILES string of the molecule is O=C(c1ccc(F)cc1)c1c(C(F)(F)F)n([O-])c2ccc(Cl)cc2[n+]1=O. The average molecular weight is 387 g/mol. The second kappa shape index (κ2) is 6.10. The zero-order chi connectivity index (χ0) is 19.2. The largest absolute Gasteiger partial charge is 0.805 e. The summed E-state index contributed by atoms with van der Waals surface area (Å²) >= 11 is 5.73. The van der Waals surface area contributed by atoms with Crippen molar-refractivity contribution in [2.24, 2.45) is 0 Å². The lowest BCUT2D eigenvalue weighted by molar-refractivity contribution is -0.470. The van der Waals surface area contributed by atoms with Crippen LogP contribution in [-0.4, -0.2) is 10.5 Å². The van der Waals surface area contributed by atoms with Crippen LogP contribution in [0.4, 0.5) is 17.6 Å². The van der Waals surface area contributed by atoms with Gasteiger partial charge in [-0.15, -0.1) is 0 Å². The van der Waals surface area contributed by atoms with Crippen LogP contribution in [0.3, 0.4) is 0 Å². The molecule has 0 saturated carbocycles. The van der Waals surface area contributed by atoms with E-state index >= 15 is 0 Å². The number of benzene rings is 2.